The molecule has 0 saturated heterocycles. The van der Waals surface area contributed by atoms with Gasteiger partial charge in [-0.05, 0) is 54.0 Å². The molecule has 2 aromatic rings. The highest BCUT2D eigenvalue weighted by atomic mass is 35.5. The normalized spacial score (nSPS) is 14.7. The number of aryl methyl sites for hydroxylation is 2. The highest BCUT2D eigenvalue weighted by Gasteiger charge is 2.23. The zero-order valence-corrected chi connectivity index (χ0v) is 12.4. The summed E-state index contributed by atoms with van der Waals surface area (Å²) in [5, 5.41) is 10.1. The zero-order valence-electron chi connectivity index (χ0n) is 11.7. The lowest BCUT2D eigenvalue weighted by atomic mass is 9.91. The number of carboxylic acid groups (broad SMARTS) is 1. The van der Waals surface area contributed by atoms with Gasteiger partial charge in [-0.3, -0.25) is 4.79 Å². The number of rotatable bonds is 4. The van der Waals surface area contributed by atoms with E-state index in [1.54, 1.807) is 12.1 Å². The molecule has 0 amide bonds. The summed E-state index contributed by atoms with van der Waals surface area (Å²) in [4.78, 5) is 11.6. The number of carboxylic acids is 1. The van der Waals surface area contributed by atoms with E-state index in [2.05, 4.69) is 18.2 Å². The van der Waals surface area contributed by atoms with E-state index in [1.807, 2.05) is 12.1 Å². The van der Waals surface area contributed by atoms with Gasteiger partial charge < -0.3 is 5.11 Å². The number of hydrogen-bond donors (Lipinski definition) is 1. The summed E-state index contributed by atoms with van der Waals surface area (Å²) in [6.07, 6.45) is 3.92. The Labute approximate surface area is 129 Å². The molecule has 2 nitrogen and oxygen atoms in total. The highest BCUT2D eigenvalue weighted by Crippen LogP contribution is 2.30. The second-order valence-corrected chi connectivity index (χ2v) is 5.98. The average molecular weight is 301 g/mol. The predicted molar refractivity (Wildman–Crippen MR) is 84.0 cm³/mol. The monoisotopic (exact) mass is 300 g/mol. The van der Waals surface area contributed by atoms with E-state index >= 15 is 0 Å². The van der Waals surface area contributed by atoms with E-state index in [1.165, 1.54) is 17.5 Å². The van der Waals surface area contributed by atoms with Crippen LogP contribution in [0.2, 0.25) is 5.02 Å². The van der Waals surface area contributed by atoms with Crippen molar-refractivity contribution in [3.05, 3.63) is 69.7 Å². The lowest BCUT2D eigenvalue weighted by Crippen LogP contribution is -2.15. The molecule has 0 fully saturated rings. The molecule has 0 spiro atoms. The van der Waals surface area contributed by atoms with Gasteiger partial charge in [-0.1, -0.05) is 48.0 Å². The Morgan fingerprint density at radius 1 is 1.14 bits per heavy atom. The zero-order chi connectivity index (χ0) is 14.8. The van der Waals surface area contributed by atoms with Gasteiger partial charge in [0, 0.05) is 5.02 Å². The van der Waals surface area contributed by atoms with Gasteiger partial charge in [0.2, 0.25) is 0 Å². The van der Waals surface area contributed by atoms with Crippen molar-refractivity contribution in [2.45, 2.75) is 31.6 Å². The summed E-state index contributed by atoms with van der Waals surface area (Å²) in [6, 6.07) is 13.6. The Bertz CT molecular complexity index is 679. The molecular formula is C18H17ClO2. The molecule has 21 heavy (non-hydrogen) atoms. The largest absolute Gasteiger partial charge is 0.481 e. The van der Waals surface area contributed by atoms with Crippen molar-refractivity contribution in [2.75, 3.05) is 0 Å². The molecule has 3 rings (SSSR count). The summed E-state index contributed by atoms with van der Waals surface area (Å²) in [7, 11) is 0. The van der Waals surface area contributed by atoms with Crippen molar-refractivity contribution in [3.63, 3.8) is 0 Å². The first-order chi connectivity index (χ1) is 10.1. The van der Waals surface area contributed by atoms with Crippen LogP contribution < -0.4 is 0 Å². The number of carbonyl (C=O) groups is 1. The Morgan fingerprint density at radius 2 is 1.90 bits per heavy atom. The van der Waals surface area contributed by atoms with Crippen LogP contribution in [0.3, 0.4) is 0 Å². The van der Waals surface area contributed by atoms with E-state index in [9.17, 15) is 9.90 Å². The van der Waals surface area contributed by atoms with Gasteiger partial charge in [-0.2, -0.15) is 0 Å². The number of fused-ring (bicyclic) bond motifs is 1. The van der Waals surface area contributed by atoms with E-state index in [0.717, 1.165) is 18.4 Å². The smallest absolute Gasteiger partial charge is 0.311 e. The topological polar surface area (TPSA) is 37.3 Å². The molecule has 108 valence electrons. The molecule has 0 heterocycles. The van der Waals surface area contributed by atoms with Crippen LogP contribution in [0.25, 0.3) is 0 Å². The minimum atomic E-state index is -0.830. The van der Waals surface area contributed by atoms with Crippen molar-refractivity contribution in [3.8, 4) is 0 Å². The number of halogens is 1. The third-order valence-corrected chi connectivity index (χ3v) is 4.53. The van der Waals surface area contributed by atoms with Crippen LogP contribution in [-0.2, 0) is 24.1 Å². The van der Waals surface area contributed by atoms with Crippen molar-refractivity contribution in [1.29, 1.82) is 0 Å². The van der Waals surface area contributed by atoms with Crippen molar-refractivity contribution in [2.24, 2.45) is 0 Å². The molecule has 1 N–H and O–H groups in total. The van der Waals surface area contributed by atoms with Gasteiger partial charge in [0.15, 0.2) is 0 Å². The van der Waals surface area contributed by atoms with E-state index < -0.39 is 11.9 Å². The average Bonchev–Trinajstić information content (AvgIpc) is 2.93. The highest BCUT2D eigenvalue weighted by molar-refractivity contribution is 6.31. The third-order valence-electron chi connectivity index (χ3n) is 4.18. The molecule has 0 bridgehead atoms. The summed E-state index contributed by atoms with van der Waals surface area (Å²) in [5.74, 6) is -1.43. The molecular weight excluding hydrogens is 284 g/mol. The first-order valence-electron chi connectivity index (χ1n) is 7.23. The van der Waals surface area contributed by atoms with Crippen LogP contribution in [0, 0.1) is 0 Å². The SMILES string of the molecule is O=C(O)C(Cc1ccc2c(c1)CCC2)c1ccccc1Cl. The van der Waals surface area contributed by atoms with Gasteiger partial charge in [0.25, 0.3) is 0 Å². The molecule has 0 aliphatic heterocycles. The molecule has 0 radical (unpaired) electrons. The summed E-state index contributed by atoms with van der Waals surface area (Å²) >= 11 is 6.16. The van der Waals surface area contributed by atoms with Crippen LogP contribution >= 0.6 is 11.6 Å². The molecule has 1 unspecified atom stereocenters. The van der Waals surface area contributed by atoms with Crippen molar-refractivity contribution < 1.29 is 9.90 Å². The fraction of sp³-hybridized carbons (Fsp3) is 0.278. The van der Waals surface area contributed by atoms with E-state index in [0.29, 0.717) is 17.0 Å². The minimum Gasteiger partial charge on any atom is -0.481 e. The molecule has 1 aliphatic carbocycles. The Hall–Kier alpha value is -1.80. The quantitative estimate of drug-likeness (QED) is 0.917. The fourth-order valence-electron chi connectivity index (χ4n) is 3.08. The lowest BCUT2D eigenvalue weighted by molar-refractivity contribution is -0.138. The van der Waals surface area contributed by atoms with Gasteiger partial charge in [-0.15, -0.1) is 0 Å². The van der Waals surface area contributed by atoms with Crippen molar-refractivity contribution >= 4 is 17.6 Å². The van der Waals surface area contributed by atoms with Crippen LogP contribution in [-0.4, -0.2) is 11.1 Å². The number of hydrogen-bond acceptors (Lipinski definition) is 1. The molecule has 1 atom stereocenters. The van der Waals surface area contributed by atoms with Crippen LogP contribution in [0.1, 0.15) is 34.6 Å². The molecule has 3 heteroatoms. The van der Waals surface area contributed by atoms with Crippen LogP contribution in [0.4, 0.5) is 0 Å². The Balaban J connectivity index is 1.90. The summed E-state index contributed by atoms with van der Waals surface area (Å²) in [5.41, 5.74) is 4.54. The van der Waals surface area contributed by atoms with Crippen LogP contribution in [0.15, 0.2) is 42.5 Å². The van der Waals surface area contributed by atoms with E-state index in [-0.39, 0.29) is 0 Å². The maximum Gasteiger partial charge on any atom is 0.311 e. The van der Waals surface area contributed by atoms with Crippen LogP contribution in [0.5, 0.6) is 0 Å². The molecule has 2 aromatic carbocycles. The van der Waals surface area contributed by atoms with Gasteiger partial charge in [-0.25, -0.2) is 0 Å². The van der Waals surface area contributed by atoms with Crippen molar-refractivity contribution in [1.82, 2.24) is 0 Å². The lowest BCUT2D eigenvalue weighted by Gasteiger charge is -2.15. The molecule has 0 aromatic heterocycles. The second-order valence-electron chi connectivity index (χ2n) is 5.57. The Kier molecular flexibility index (Phi) is 3.98. The first-order valence-corrected chi connectivity index (χ1v) is 7.61. The fourth-order valence-corrected chi connectivity index (χ4v) is 3.34. The number of aliphatic carboxylic acids is 1. The minimum absolute atomic E-state index is 0.479. The van der Waals surface area contributed by atoms with Gasteiger partial charge in [0.1, 0.15) is 0 Å². The maximum absolute atomic E-state index is 11.6. The predicted octanol–water partition coefficient (Wildman–Crippen LogP) is 4.24. The summed E-state index contributed by atoms with van der Waals surface area (Å²) < 4.78 is 0. The molecule has 1 aliphatic rings. The number of benzene rings is 2. The Morgan fingerprint density at radius 3 is 2.67 bits per heavy atom. The third kappa shape index (κ3) is 2.96. The standard InChI is InChI=1S/C18H17ClO2/c19-17-7-2-1-6-15(17)16(18(20)21)11-12-8-9-13-4-3-5-14(13)10-12/h1-2,6-10,16H,3-5,11H2,(H,20,21). The van der Waals surface area contributed by atoms with E-state index in [4.69, 9.17) is 11.6 Å². The van der Waals surface area contributed by atoms with Gasteiger partial charge >= 0.3 is 5.97 Å². The summed E-state index contributed by atoms with van der Waals surface area (Å²) in [6.45, 7) is 0. The van der Waals surface area contributed by atoms with Gasteiger partial charge in [0.05, 0.1) is 5.92 Å². The second kappa shape index (κ2) is 5.90. The maximum atomic E-state index is 11.6. The first kappa shape index (κ1) is 14.2. The molecule has 0 saturated carbocycles.